The molecule has 1 heterocycles. The van der Waals surface area contributed by atoms with Crippen LogP contribution in [0.5, 0.6) is 0 Å². The molecule has 4 nitrogen and oxygen atoms in total. The van der Waals surface area contributed by atoms with Gasteiger partial charge in [0.2, 0.25) is 0 Å². The molecule has 2 aromatic carbocycles. The van der Waals surface area contributed by atoms with Gasteiger partial charge in [-0.15, -0.1) is 0 Å². The van der Waals surface area contributed by atoms with Crippen LogP contribution in [-0.2, 0) is 4.74 Å². The quantitative estimate of drug-likeness (QED) is 0.347. The molecular weight excluding hydrogens is 350 g/mol. The van der Waals surface area contributed by atoms with Gasteiger partial charge in [-0.3, -0.25) is 9.36 Å². The van der Waals surface area contributed by atoms with Crippen molar-refractivity contribution in [2.45, 2.75) is 45.4 Å². The summed E-state index contributed by atoms with van der Waals surface area (Å²) in [7, 11) is 0. The van der Waals surface area contributed by atoms with Crippen molar-refractivity contribution in [1.29, 1.82) is 0 Å². The van der Waals surface area contributed by atoms with Crippen molar-refractivity contribution in [3.8, 4) is 0 Å². The van der Waals surface area contributed by atoms with E-state index in [0.29, 0.717) is 17.7 Å². The molecule has 4 heteroatoms. The lowest BCUT2D eigenvalue weighted by Gasteiger charge is -2.07. The molecule has 0 bridgehead atoms. The highest BCUT2D eigenvalue weighted by Gasteiger charge is 2.13. The lowest BCUT2D eigenvalue weighted by molar-refractivity contribution is 0.0497. The van der Waals surface area contributed by atoms with Crippen LogP contribution < -0.4 is 0 Å². The Labute approximate surface area is 166 Å². The fraction of sp³-hybridized carbons (Fsp3) is 0.333. The maximum atomic E-state index is 12.7. The van der Waals surface area contributed by atoms with Crippen LogP contribution in [-0.4, -0.2) is 23.1 Å². The van der Waals surface area contributed by atoms with Crippen LogP contribution in [0.25, 0.3) is 10.9 Å². The number of benzene rings is 2. The smallest absolute Gasteiger partial charge is 0.338 e. The van der Waals surface area contributed by atoms with Crippen molar-refractivity contribution in [3.05, 3.63) is 71.9 Å². The van der Waals surface area contributed by atoms with Crippen molar-refractivity contribution in [3.63, 3.8) is 0 Å². The summed E-state index contributed by atoms with van der Waals surface area (Å²) < 4.78 is 7.00. The van der Waals surface area contributed by atoms with Gasteiger partial charge in [0.1, 0.15) is 0 Å². The normalized spacial score (nSPS) is 10.9. The highest BCUT2D eigenvalue weighted by molar-refractivity contribution is 6.03. The summed E-state index contributed by atoms with van der Waals surface area (Å²) in [6, 6.07) is 16.3. The van der Waals surface area contributed by atoms with Crippen LogP contribution in [0.2, 0.25) is 0 Å². The summed E-state index contributed by atoms with van der Waals surface area (Å²) in [4.78, 5) is 25.0. The molecule has 0 atom stereocenters. The van der Waals surface area contributed by atoms with Gasteiger partial charge in [-0.05, 0) is 42.8 Å². The van der Waals surface area contributed by atoms with Crippen molar-refractivity contribution < 1.29 is 14.3 Å². The first-order chi connectivity index (χ1) is 13.7. The second-order valence-corrected chi connectivity index (χ2v) is 7.03. The standard InChI is InChI=1S/C24H27NO3/c1-2-3-4-5-6-10-17-28-24(27)21-13-14-22-20(18-21)15-16-25(22)23(26)19-11-8-7-9-12-19/h7-9,11-16,18H,2-6,10,17H2,1H3. The van der Waals surface area contributed by atoms with E-state index in [9.17, 15) is 9.59 Å². The van der Waals surface area contributed by atoms with Gasteiger partial charge in [-0.25, -0.2) is 4.79 Å². The molecule has 0 spiro atoms. The van der Waals surface area contributed by atoms with Crippen LogP contribution in [0.1, 0.15) is 66.2 Å². The molecule has 0 radical (unpaired) electrons. The van der Waals surface area contributed by atoms with E-state index in [1.807, 2.05) is 24.3 Å². The van der Waals surface area contributed by atoms with E-state index in [4.69, 9.17) is 4.74 Å². The molecule has 3 aromatic rings. The molecule has 28 heavy (non-hydrogen) atoms. The number of hydrogen-bond donors (Lipinski definition) is 0. The number of carbonyl (C=O) groups excluding carboxylic acids is 2. The predicted octanol–water partition coefficient (Wildman–Crippen LogP) is 5.85. The number of aromatic nitrogens is 1. The summed E-state index contributed by atoms with van der Waals surface area (Å²) >= 11 is 0. The number of hydrogen-bond acceptors (Lipinski definition) is 3. The van der Waals surface area contributed by atoms with Gasteiger partial charge in [-0.2, -0.15) is 0 Å². The van der Waals surface area contributed by atoms with Gasteiger partial charge in [-0.1, -0.05) is 57.2 Å². The van der Waals surface area contributed by atoms with E-state index in [-0.39, 0.29) is 11.9 Å². The van der Waals surface area contributed by atoms with Gasteiger partial charge in [0.25, 0.3) is 5.91 Å². The van der Waals surface area contributed by atoms with Crippen LogP contribution in [0, 0.1) is 0 Å². The monoisotopic (exact) mass is 377 g/mol. The lowest BCUT2D eigenvalue weighted by Crippen LogP contribution is -2.10. The zero-order chi connectivity index (χ0) is 19.8. The summed E-state index contributed by atoms with van der Waals surface area (Å²) in [5, 5.41) is 0.846. The Bertz CT molecular complexity index is 927. The minimum atomic E-state index is -0.308. The molecular formula is C24H27NO3. The highest BCUT2D eigenvalue weighted by atomic mass is 16.5. The topological polar surface area (TPSA) is 48.3 Å². The Morgan fingerprint density at radius 3 is 2.39 bits per heavy atom. The Kier molecular flexibility index (Phi) is 7.01. The second kappa shape index (κ2) is 9.88. The average Bonchev–Trinajstić information content (AvgIpc) is 3.16. The third-order valence-corrected chi connectivity index (χ3v) is 4.90. The number of fused-ring (bicyclic) bond motifs is 1. The third kappa shape index (κ3) is 4.89. The minimum Gasteiger partial charge on any atom is -0.462 e. The Morgan fingerprint density at radius 2 is 1.61 bits per heavy atom. The Balaban J connectivity index is 1.60. The summed E-state index contributed by atoms with van der Waals surface area (Å²) in [5.41, 5.74) is 1.92. The summed E-state index contributed by atoms with van der Waals surface area (Å²) in [6.07, 6.45) is 8.68. The highest BCUT2D eigenvalue weighted by Crippen LogP contribution is 2.20. The number of nitrogens with zero attached hydrogens (tertiary/aromatic N) is 1. The second-order valence-electron chi connectivity index (χ2n) is 7.03. The van der Waals surface area contributed by atoms with Gasteiger partial charge in [0, 0.05) is 17.1 Å². The van der Waals surface area contributed by atoms with Gasteiger partial charge in [0.15, 0.2) is 0 Å². The molecule has 146 valence electrons. The van der Waals surface area contributed by atoms with E-state index in [2.05, 4.69) is 6.92 Å². The zero-order valence-corrected chi connectivity index (χ0v) is 16.4. The SMILES string of the molecule is CCCCCCCCOC(=O)c1ccc2c(ccn2C(=O)c2ccccc2)c1. The predicted molar refractivity (Wildman–Crippen MR) is 112 cm³/mol. The molecule has 0 unspecified atom stereocenters. The Hall–Kier alpha value is -2.88. The molecule has 1 aromatic heterocycles. The van der Waals surface area contributed by atoms with E-state index < -0.39 is 0 Å². The molecule has 0 saturated heterocycles. The van der Waals surface area contributed by atoms with Crippen LogP contribution >= 0.6 is 0 Å². The van der Waals surface area contributed by atoms with Crippen molar-refractivity contribution in [2.75, 3.05) is 6.61 Å². The molecule has 0 saturated carbocycles. The first-order valence-electron chi connectivity index (χ1n) is 10.1. The third-order valence-electron chi connectivity index (χ3n) is 4.90. The van der Waals surface area contributed by atoms with Crippen LogP contribution in [0.15, 0.2) is 60.8 Å². The number of ether oxygens (including phenoxy) is 1. The number of unbranched alkanes of at least 4 members (excludes halogenated alkanes) is 5. The van der Waals surface area contributed by atoms with E-state index in [0.717, 1.165) is 23.7 Å². The average molecular weight is 377 g/mol. The van der Waals surface area contributed by atoms with E-state index in [1.165, 1.54) is 25.7 Å². The zero-order valence-electron chi connectivity index (χ0n) is 16.4. The van der Waals surface area contributed by atoms with Gasteiger partial charge >= 0.3 is 5.97 Å². The van der Waals surface area contributed by atoms with E-state index >= 15 is 0 Å². The molecule has 3 rings (SSSR count). The summed E-state index contributed by atoms with van der Waals surface area (Å²) in [5.74, 6) is -0.397. The Morgan fingerprint density at radius 1 is 0.857 bits per heavy atom. The first kappa shape index (κ1) is 19.9. The van der Waals surface area contributed by atoms with E-state index in [1.54, 1.807) is 41.1 Å². The maximum absolute atomic E-state index is 12.7. The molecule has 0 aliphatic rings. The number of rotatable bonds is 9. The van der Waals surface area contributed by atoms with Crippen molar-refractivity contribution in [1.82, 2.24) is 4.57 Å². The molecule has 0 amide bonds. The fourth-order valence-corrected chi connectivity index (χ4v) is 3.30. The number of carbonyl (C=O) groups is 2. The first-order valence-corrected chi connectivity index (χ1v) is 10.1. The maximum Gasteiger partial charge on any atom is 0.338 e. The summed E-state index contributed by atoms with van der Waals surface area (Å²) in [6.45, 7) is 2.65. The molecule has 0 fully saturated rings. The van der Waals surface area contributed by atoms with Crippen LogP contribution in [0.4, 0.5) is 0 Å². The van der Waals surface area contributed by atoms with Crippen molar-refractivity contribution in [2.24, 2.45) is 0 Å². The van der Waals surface area contributed by atoms with Gasteiger partial charge < -0.3 is 4.74 Å². The molecule has 0 aliphatic carbocycles. The fourth-order valence-electron chi connectivity index (χ4n) is 3.30. The number of esters is 1. The molecule has 0 aliphatic heterocycles. The van der Waals surface area contributed by atoms with Crippen LogP contribution in [0.3, 0.4) is 0 Å². The lowest BCUT2D eigenvalue weighted by atomic mass is 10.1. The molecule has 0 N–H and O–H groups in total. The van der Waals surface area contributed by atoms with Gasteiger partial charge in [0.05, 0.1) is 17.7 Å². The minimum absolute atomic E-state index is 0.0889. The van der Waals surface area contributed by atoms with Crippen molar-refractivity contribution >= 4 is 22.8 Å². The largest absolute Gasteiger partial charge is 0.462 e.